The van der Waals surface area contributed by atoms with E-state index in [1.807, 2.05) is 44.2 Å². The smallest absolute Gasteiger partial charge is 0.306 e. The second kappa shape index (κ2) is 9.56. The third-order valence-electron chi connectivity index (χ3n) is 4.32. The molecule has 3 aromatic rings. The lowest BCUT2D eigenvalue weighted by molar-refractivity contribution is -0.149. The Bertz CT molecular complexity index is 969. The molecule has 0 radical (unpaired) electrons. The summed E-state index contributed by atoms with van der Waals surface area (Å²) in [4.78, 5) is 12.1. The standard InChI is InChI=1S/C22H23ClN2O4/c1-14-6-8-17(9-7-14)22-25-24-21(29-22)16(3)28-20(26)5-4-12-27-18-10-11-19(23)15(2)13-18/h6-11,13,16H,4-5,12H2,1-3H3. The van der Waals surface area contributed by atoms with Gasteiger partial charge >= 0.3 is 5.97 Å². The van der Waals surface area contributed by atoms with Gasteiger partial charge in [0.2, 0.25) is 5.89 Å². The maximum absolute atomic E-state index is 12.1. The summed E-state index contributed by atoms with van der Waals surface area (Å²) >= 11 is 5.99. The second-order valence-electron chi connectivity index (χ2n) is 6.81. The molecule has 0 bridgehead atoms. The zero-order valence-electron chi connectivity index (χ0n) is 16.6. The number of aryl methyl sites for hydroxylation is 2. The lowest BCUT2D eigenvalue weighted by atomic mass is 10.1. The quantitative estimate of drug-likeness (QED) is 0.359. The number of hydrogen-bond acceptors (Lipinski definition) is 6. The van der Waals surface area contributed by atoms with Gasteiger partial charge in [0.1, 0.15) is 5.75 Å². The van der Waals surface area contributed by atoms with Crippen LogP contribution in [0.4, 0.5) is 0 Å². The summed E-state index contributed by atoms with van der Waals surface area (Å²) in [5.41, 5.74) is 2.91. The molecule has 0 N–H and O–H groups in total. The molecule has 1 atom stereocenters. The monoisotopic (exact) mass is 414 g/mol. The Morgan fingerprint density at radius 3 is 2.62 bits per heavy atom. The van der Waals surface area contributed by atoms with Crippen molar-refractivity contribution >= 4 is 17.6 Å². The average molecular weight is 415 g/mol. The molecule has 1 unspecified atom stereocenters. The normalized spacial score (nSPS) is 11.9. The molecule has 0 amide bonds. The third kappa shape index (κ3) is 5.81. The van der Waals surface area contributed by atoms with Gasteiger partial charge in [-0.05, 0) is 63.1 Å². The highest BCUT2D eigenvalue weighted by molar-refractivity contribution is 6.31. The van der Waals surface area contributed by atoms with Crippen LogP contribution in [0, 0.1) is 13.8 Å². The van der Waals surface area contributed by atoms with E-state index in [2.05, 4.69) is 10.2 Å². The number of rotatable bonds is 8. The molecule has 0 aliphatic rings. The number of hydrogen-bond donors (Lipinski definition) is 0. The van der Waals surface area contributed by atoms with Crippen molar-refractivity contribution in [1.82, 2.24) is 10.2 Å². The van der Waals surface area contributed by atoms with Crippen LogP contribution in [0.2, 0.25) is 5.02 Å². The number of aromatic nitrogens is 2. The Morgan fingerprint density at radius 1 is 1.14 bits per heavy atom. The Hall–Kier alpha value is -2.86. The van der Waals surface area contributed by atoms with Crippen LogP contribution in [0.25, 0.3) is 11.5 Å². The van der Waals surface area contributed by atoms with Crippen molar-refractivity contribution in [1.29, 1.82) is 0 Å². The molecule has 0 saturated carbocycles. The summed E-state index contributed by atoms with van der Waals surface area (Å²) in [7, 11) is 0. The number of benzene rings is 2. The topological polar surface area (TPSA) is 74.5 Å². The van der Waals surface area contributed by atoms with Crippen molar-refractivity contribution in [2.24, 2.45) is 0 Å². The van der Waals surface area contributed by atoms with Crippen LogP contribution in [0.1, 0.15) is 42.9 Å². The molecule has 0 spiro atoms. The first-order valence-electron chi connectivity index (χ1n) is 9.41. The van der Waals surface area contributed by atoms with Crippen LogP contribution in [0.15, 0.2) is 46.9 Å². The molecule has 1 aromatic heterocycles. The molecule has 7 heteroatoms. The van der Waals surface area contributed by atoms with Gasteiger partial charge in [-0.2, -0.15) is 0 Å². The van der Waals surface area contributed by atoms with Crippen LogP contribution >= 0.6 is 11.6 Å². The van der Waals surface area contributed by atoms with Gasteiger partial charge in [0.05, 0.1) is 6.61 Å². The molecule has 1 heterocycles. The Labute approximate surface area is 174 Å². The molecule has 152 valence electrons. The van der Waals surface area contributed by atoms with Crippen molar-refractivity contribution in [2.75, 3.05) is 6.61 Å². The first-order chi connectivity index (χ1) is 13.9. The second-order valence-corrected chi connectivity index (χ2v) is 7.21. The summed E-state index contributed by atoms with van der Waals surface area (Å²) in [6, 6.07) is 13.2. The number of esters is 1. The SMILES string of the molecule is Cc1ccc(-c2nnc(C(C)OC(=O)CCCOc3ccc(Cl)c(C)c3)o2)cc1. The molecule has 2 aromatic carbocycles. The highest BCUT2D eigenvalue weighted by Gasteiger charge is 2.19. The van der Waals surface area contributed by atoms with Gasteiger partial charge in [0.15, 0.2) is 6.10 Å². The first-order valence-corrected chi connectivity index (χ1v) is 9.79. The van der Waals surface area contributed by atoms with E-state index in [-0.39, 0.29) is 18.3 Å². The minimum Gasteiger partial charge on any atom is -0.494 e. The van der Waals surface area contributed by atoms with Gasteiger partial charge in [0, 0.05) is 17.0 Å². The largest absolute Gasteiger partial charge is 0.494 e. The summed E-state index contributed by atoms with van der Waals surface area (Å²) in [5.74, 6) is 1.04. The fraction of sp³-hybridized carbons (Fsp3) is 0.318. The van der Waals surface area contributed by atoms with Crippen molar-refractivity contribution in [3.63, 3.8) is 0 Å². The third-order valence-corrected chi connectivity index (χ3v) is 4.74. The van der Waals surface area contributed by atoms with Crippen LogP contribution < -0.4 is 4.74 Å². The van der Waals surface area contributed by atoms with Crippen LogP contribution in [-0.2, 0) is 9.53 Å². The number of carbonyl (C=O) groups is 1. The Morgan fingerprint density at radius 2 is 1.90 bits per heavy atom. The van der Waals surface area contributed by atoms with E-state index in [4.69, 9.17) is 25.5 Å². The van der Waals surface area contributed by atoms with E-state index in [0.29, 0.717) is 23.9 Å². The van der Waals surface area contributed by atoms with Gasteiger partial charge in [-0.25, -0.2) is 0 Å². The van der Waals surface area contributed by atoms with Gasteiger partial charge in [-0.15, -0.1) is 10.2 Å². The van der Waals surface area contributed by atoms with Gasteiger partial charge in [0.25, 0.3) is 5.89 Å². The zero-order chi connectivity index (χ0) is 20.8. The van der Waals surface area contributed by atoms with Crippen LogP contribution in [0.3, 0.4) is 0 Å². The van der Waals surface area contributed by atoms with Crippen LogP contribution in [0.5, 0.6) is 5.75 Å². The summed E-state index contributed by atoms with van der Waals surface area (Å²) in [5, 5.41) is 8.72. The van der Waals surface area contributed by atoms with Crippen molar-refractivity contribution in [3.05, 3.63) is 64.5 Å². The molecular formula is C22H23ClN2O4. The Balaban J connectivity index is 1.44. The Kier molecular flexibility index (Phi) is 6.88. The van der Waals surface area contributed by atoms with Crippen LogP contribution in [-0.4, -0.2) is 22.8 Å². The summed E-state index contributed by atoms with van der Waals surface area (Å²) in [6.07, 6.45) is 0.149. The molecular weight excluding hydrogens is 392 g/mol. The van der Waals surface area contributed by atoms with E-state index in [1.165, 1.54) is 0 Å². The van der Waals surface area contributed by atoms with E-state index >= 15 is 0 Å². The maximum atomic E-state index is 12.1. The van der Waals surface area contributed by atoms with Gasteiger partial charge < -0.3 is 13.9 Å². The minimum atomic E-state index is -0.617. The summed E-state index contributed by atoms with van der Waals surface area (Å²) < 4.78 is 16.7. The lowest BCUT2D eigenvalue weighted by Crippen LogP contribution is -2.10. The molecule has 6 nitrogen and oxygen atoms in total. The fourth-order valence-corrected chi connectivity index (χ4v) is 2.75. The van der Waals surface area contributed by atoms with Crippen molar-refractivity contribution in [2.45, 2.75) is 39.7 Å². The highest BCUT2D eigenvalue weighted by atomic mass is 35.5. The number of nitrogens with zero attached hydrogens (tertiary/aromatic N) is 2. The maximum Gasteiger partial charge on any atom is 0.306 e. The minimum absolute atomic E-state index is 0.232. The first kappa shape index (κ1) is 20.9. The number of halogens is 1. The molecule has 29 heavy (non-hydrogen) atoms. The van der Waals surface area contributed by atoms with E-state index < -0.39 is 6.10 Å². The van der Waals surface area contributed by atoms with E-state index in [9.17, 15) is 4.79 Å². The lowest BCUT2D eigenvalue weighted by Gasteiger charge is -2.10. The number of carbonyl (C=O) groups excluding carboxylic acids is 1. The van der Waals surface area contributed by atoms with Gasteiger partial charge in [-0.1, -0.05) is 29.3 Å². The predicted molar refractivity (Wildman–Crippen MR) is 110 cm³/mol. The predicted octanol–water partition coefficient (Wildman–Crippen LogP) is 5.47. The molecule has 0 fully saturated rings. The number of ether oxygens (including phenoxy) is 2. The average Bonchev–Trinajstić information content (AvgIpc) is 3.19. The van der Waals surface area contributed by atoms with E-state index in [0.717, 1.165) is 22.4 Å². The molecule has 3 rings (SSSR count). The van der Waals surface area contributed by atoms with E-state index in [1.54, 1.807) is 19.1 Å². The fourth-order valence-electron chi connectivity index (χ4n) is 2.63. The molecule has 0 aliphatic heterocycles. The van der Waals surface area contributed by atoms with Gasteiger partial charge in [-0.3, -0.25) is 4.79 Å². The molecule has 0 saturated heterocycles. The summed E-state index contributed by atoms with van der Waals surface area (Å²) in [6.45, 7) is 6.03. The van der Waals surface area contributed by atoms with Crippen molar-refractivity contribution < 1.29 is 18.7 Å². The van der Waals surface area contributed by atoms with Crippen molar-refractivity contribution in [3.8, 4) is 17.2 Å². The molecule has 0 aliphatic carbocycles. The zero-order valence-corrected chi connectivity index (χ0v) is 17.4. The highest BCUT2D eigenvalue weighted by Crippen LogP contribution is 2.23.